The van der Waals surface area contributed by atoms with Crippen LogP contribution < -0.4 is 0 Å². The molecular formula is C51H92O6. The molecule has 0 aromatic heterocycles. The van der Waals surface area contributed by atoms with Gasteiger partial charge < -0.3 is 19.3 Å². The highest BCUT2D eigenvalue weighted by Gasteiger charge is 2.72. The van der Waals surface area contributed by atoms with E-state index in [1.165, 1.54) is 64.2 Å². The first-order valence-corrected chi connectivity index (χ1v) is 24.5. The van der Waals surface area contributed by atoms with Crippen LogP contribution in [0.5, 0.6) is 0 Å². The predicted molar refractivity (Wildman–Crippen MR) is 235 cm³/mol. The van der Waals surface area contributed by atoms with Crippen molar-refractivity contribution < 1.29 is 28.9 Å². The molecule has 10 atom stereocenters. The Morgan fingerprint density at radius 2 is 1.16 bits per heavy atom. The second kappa shape index (κ2) is 20.6. The van der Waals surface area contributed by atoms with Gasteiger partial charge in [-0.25, -0.2) is 0 Å². The lowest BCUT2D eigenvalue weighted by molar-refractivity contribution is -0.253. The highest BCUT2D eigenvalue weighted by atomic mass is 16.5. The Morgan fingerprint density at radius 1 is 0.632 bits per heavy atom. The van der Waals surface area contributed by atoms with Crippen molar-refractivity contribution >= 4 is 11.9 Å². The minimum atomic E-state index is -0.849. The van der Waals surface area contributed by atoms with E-state index in [0.717, 1.165) is 89.9 Å². The van der Waals surface area contributed by atoms with E-state index in [4.69, 9.17) is 14.2 Å². The summed E-state index contributed by atoms with van der Waals surface area (Å²) < 4.78 is 18.9. The van der Waals surface area contributed by atoms with Gasteiger partial charge in [-0.2, -0.15) is 0 Å². The average Bonchev–Trinajstić information content (AvgIpc) is 3.53. The summed E-state index contributed by atoms with van der Waals surface area (Å²) >= 11 is 0. The zero-order valence-electron chi connectivity index (χ0n) is 39.3. The molecule has 6 heteroatoms. The molecule has 6 nitrogen and oxygen atoms in total. The topological polar surface area (TPSA) is 82.1 Å². The van der Waals surface area contributed by atoms with Crippen LogP contribution in [-0.2, 0) is 23.8 Å². The Kier molecular flexibility index (Phi) is 17.6. The molecular weight excluding hydrogens is 709 g/mol. The molecule has 1 N–H and O–H groups in total. The van der Waals surface area contributed by atoms with Crippen molar-refractivity contribution in [2.75, 3.05) is 7.11 Å². The smallest absolute Gasteiger partial charge is 0.306 e. The number of hydrogen-bond donors (Lipinski definition) is 1. The maximum Gasteiger partial charge on any atom is 0.306 e. The third-order valence-corrected chi connectivity index (χ3v) is 17.6. The molecule has 0 aliphatic heterocycles. The summed E-state index contributed by atoms with van der Waals surface area (Å²) in [5.41, 5.74) is -1.15. The van der Waals surface area contributed by atoms with E-state index in [-0.39, 0.29) is 63.2 Å². The minimum absolute atomic E-state index is 0.0123. The number of esters is 2. The lowest BCUT2D eigenvalue weighted by Crippen LogP contribution is -2.67. The first-order chi connectivity index (χ1) is 26.8. The lowest BCUT2D eigenvalue weighted by Gasteiger charge is -2.70. The molecule has 4 fully saturated rings. The molecule has 0 aromatic rings. The molecule has 0 unspecified atom stereocenters. The molecule has 4 saturated carbocycles. The van der Waals surface area contributed by atoms with Gasteiger partial charge in [0.2, 0.25) is 0 Å². The summed E-state index contributed by atoms with van der Waals surface area (Å²) in [5, 5.41) is 12.4. The number of rotatable bonds is 24. The second-order valence-corrected chi connectivity index (χ2v) is 22.2. The summed E-state index contributed by atoms with van der Waals surface area (Å²) in [5.74, 6) is 0.954. The van der Waals surface area contributed by atoms with Crippen molar-refractivity contribution in [3.8, 4) is 0 Å². The molecule has 332 valence electrons. The van der Waals surface area contributed by atoms with E-state index in [0.29, 0.717) is 24.7 Å². The SMILES string of the molecule is CCCCCCCCCC(=O)O[C@H]1CC[C@]2(C)[C@H]3C[C@@H](OC(=O)CCCCCCCCC)[C@@H]4[C@@H]([C@](C)(O)CCCC(C)(C)OC)CC[C@@]4(C)[C@]3(C)CC[C@H]2C1(C)C. The van der Waals surface area contributed by atoms with Gasteiger partial charge in [-0.3, -0.25) is 9.59 Å². The number of hydrogen-bond acceptors (Lipinski definition) is 6. The molecule has 4 aliphatic carbocycles. The number of fused-ring (bicyclic) bond motifs is 5. The third kappa shape index (κ3) is 11.2. The summed E-state index contributed by atoms with van der Waals surface area (Å²) in [6.07, 6.45) is 27.0. The van der Waals surface area contributed by atoms with Crippen LogP contribution in [0, 0.1) is 45.3 Å². The highest BCUT2D eigenvalue weighted by Crippen LogP contribution is 2.76. The summed E-state index contributed by atoms with van der Waals surface area (Å²) in [6.45, 7) is 23.3. The maximum atomic E-state index is 13.9. The van der Waals surface area contributed by atoms with E-state index in [1.54, 1.807) is 7.11 Å². The highest BCUT2D eigenvalue weighted by molar-refractivity contribution is 5.70. The summed E-state index contributed by atoms with van der Waals surface area (Å²) in [4.78, 5) is 27.1. The largest absolute Gasteiger partial charge is 0.462 e. The zero-order valence-corrected chi connectivity index (χ0v) is 39.3. The average molecular weight is 801 g/mol. The van der Waals surface area contributed by atoms with Gasteiger partial charge in [-0.1, -0.05) is 126 Å². The summed E-state index contributed by atoms with van der Waals surface area (Å²) in [7, 11) is 1.78. The molecule has 4 rings (SSSR count). The normalized spacial score (nSPS) is 34.5. The van der Waals surface area contributed by atoms with Gasteiger partial charge in [0.05, 0.1) is 11.2 Å². The Morgan fingerprint density at radius 3 is 1.72 bits per heavy atom. The molecule has 4 aliphatic rings. The number of aliphatic hydroxyl groups is 1. The standard InChI is InChI=1S/C51H92O6/c1-12-14-16-18-20-22-24-27-43(52)56-39-37-41-48(7)34-31-42(57-44(53)28-25-23-21-19-17-15-13-2)47(5,6)40(48)30-36-49(41,8)50(9)35-29-38(45(39)50)51(10,54)33-26-32-46(3,4)55-11/h38-42,45,54H,12-37H2,1-11H3/t38-,39+,40-,41+,42-,45-,48-,49+,50+,51+/m0/s1. The lowest BCUT2D eigenvalue weighted by atomic mass is 9.35. The molecule has 0 bridgehead atoms. The van der Waals surface area contributed by atoms with Crippen LogP contribution >= 0.6 is 0 Å². The van der Waals surface area contributed by atoms with Crippen molar-refractivity contribution in [3.63, 3.8) is 0 Å². The van der Waals surface area contributed by atoms with Crippen LogP contribution in [0.3, 0.4) is 0 Å². The van der Waals surface area contributed by atoms with Crippen LogP contribution in [-0.4, -0.2) is 47.6 Å². The minimum Gasteiger partial charge on any atom is -0.462 e. The van der Waals surface area contributed by atoms with E-state index in [2.05, 4.69) is 69.2 Å². The van der Waals surface area contributed by atoms with E-state index >= 15 is 0 Å². The molecule has 0 spiro atoms. The fraction of sp³-hybridized carbons (Fsp3) is 0.961. The van der Waals surface area contributed by atoms with Gasteiger partial charge in [0.15, 0.2) is 0 Å². The Hall–Kier alpha value is -1.14. The maximum absolute atomic E-state index is 13.9. The fourth-order valence-corrected chi connectivity index (χ4v) is 13.8. The van der Waals surface area contributed by atoms with Crippen LogP contribution in [0.1, 0.15) is 236 Å². The van der Waals surface area contributed by atoms with Crippen molar-refractivity contribution in [3.05, 3.63) is 0 Å². The molecule has 0 heterocycles. The van der Waals surface area contributed by atoms with E-state index in [1.807, 2.05) is 0 Å². The van der Waals surface area contributed by atoms with Gasteiger partial charge in [0.1, 0.15) is 12.2 Å². The number of unbranched alkanes of at least 4 members (excludes halogenated alkanes) is 12. The van der Waals surface area contributed by atoms with E-state index in [9.17, 15) is 14.7 Å². The predicted octanol–water partition coefficient (Wildman–Crippen LogP) is 13.7. The Balaban J connectivity index is 1.53. The monoisotopic (exact) mass is 801 g/mol. The molecule has 0 radical (unpaired) electrons. The van der Waals surface area contributed by atoms with Crippen molar-refractivity contribution in [1.82, 2.24) is 0 Å². The molecule has 0 aromatic carbocycles. The van der Waals surface area contributed by atoms with Gasteiger partial charge >= 0.3 is 11.9 Å². The molecule has 0 saturated heterocycles. The first kappa shape index (κ1) is 48.5. The number of carbonyl (C=O) groups excluding carboxylic acids is 2. The van der Waals surface area contributed by atoms with Gasteiger partial charge in [0.25, 0.3) is 0 Å². The third-order valence-electron chi connectivity index (χ3n) is 17.6. The quantitative estimate of drug-likeness (QED) is 0.0773. The van der Waals surface area contributed by atoms with Crippen molar-refractivity contribution in [2.45, 2.75) is 260 Å². The number of methoxy groups -OCH3 is 1. The van der Waals surface area contributed by atoms with Gasteiger partial charge in [0, 0.05) is 31.3 Å². The van der Waals surface area contributed by atoms with Crippen LogP contribution in [0.4, 0.5) is 0 Å². The number of carbonyl (C=O) groups is 2. The fourth-order valence-electron chi connectivity index (χ4n) is 13.8. The number of ether oxygens (including phenoxy) is 3. The summed E-state index contributed by atoms with van der Waals surface area (Å²) in [6, 6.07) is 0. The Bertz CT molecular complexity index is 1260. The Labute approximate surface area is 351 Å². The second-order valence-electron chi connectivity index (χ2n) is 22.2. The van der Waals surface area contributed by atoms with Crippen LogP contribution in [0.25, 0.3) is 0 Å². The molecule has 57 heavy (non-hydrogen) atoms. The van der Waals surface area contributed by atoms with Crippen molar-refractivity contribution in [1.29, 1.82) is 0 Å². The van der Waals surface area contributed by atoms with Crippen molar-refractivity contribution in [2.24, 2.45) is 45.3 Å². The van der Waals surface area contributed by atoms with Crippen LogP contribution in [0.15, 0.2) is 0 Å². The van der Waals surface area contributed by atoms with Gasteiger partial charge in [-0.05, 0) is 132 Å². The molecule has 0 amide bonds. The first-order valence-electron chi connectivity index (χ1n) is 24.5. The van der Waals surface area contributed by atoms with E-state index < -0.39 is 5.60 Å². The van der Waals surface area contributed by atoms with Gasteiger partial charge in [-0.15, -0.1) is 0 Å². The zero-order chi connectivity index (χ0) is 42.1. The van der Waals surface area contributed by atoms with Crippen LogP contribution in [0.2, 0.25) is 0 Å².